The molecular weight excluding hydrogens is 230 g/mol. The molecule has 0 aliphatic carbocycles. The molecule has 0 saturated carbocycles. The van der Waals surface area contributed by atoms with Crippen LogP contribution in [-0.2, 0) is 0 Å². The lowest BCUT2D eigenvalue weighted by molar-refractivity contribution is 0.0697. The van der Waals surface area contributed by atoms with Crippen molar-refractivity contribution in [1.82, 2.24) is 9.97 Å². The second-order valence-corrected chi connectivity index (χ2v) is 4.03. The minimum absolute atomic E-state index is 0.0532. The van der Waals surface area contributed by atoms with Crippen LogP contribution in [0.5, 0.6) is 0 Å². The number of aromatic nitrogens is 2. The van der Waals surface area contributed by atoms with E-state index in [0.29, 0.717) is 5.82 Å². The molecule has 0 spiro atoms. The number of nitrogens with zero attached hydrogens (tertiary/aromatic N) is 2. The lowest BCUT2D eigenvalue weighted by atomic mass is 10.1. The van der Waals surface area contributed by atoms with Crippen molar-refractivity contribution in [1.29, 1.82) is 0 Å². The van der Waals surface area contributed by atoms with Crippen LogP contribution in [0.25, 0.3) is 0 Å². The van der Waals surface area contributed by atoms with Crippen LogP contribution in [0.3, 0.4) is 0 Å². The van der Waals surface area contributed by atoms with Crippen molar-refractivity contribution in [2.24, 2.45) is 0 Å². The van der Waals surface area contributed by atoms with Crippen molar-refractivity contribution in [2.45, 2.75) is 13.8 Å². The molecule has 0 fully saturated rings. The second kappa shape index (κ2) is 4.83. The molecule has 1 aromatic carbocycles. The fourth-order valence-corrected chi connectivity index (χ4v) is 1.67. The number of rotatable bonds is 3. The van der Waals surface area contributed by atoms with Gasteiger partial charge in [0.2, 0.25) is 0 Å². The number of hydrogen-bond donors (Lipinski definition) is 2. The number of carboxylic acid groups (broad SMARTS) is 1. The van der Waals surface area contributed by atoms with Crippen LogP contribution in [0.15, 0.2) is 30.7 Å². The summed E-state index contributed by atoms with van der Waals surface area (Å²) in [5.74, 6) is -0.757. The monoisotopic (exact) mass is 243 g/mol. The zero-order valence-electron chi connectivity index (χ0n) is 10.1. The molecule has 2 rings (SSSR count). The highest BCUT2D eigenvalue weighted by Crippen LogP contribution is 2.22. The predicted octanol–water partition coefficient (Wildman–Crippen LogP) is 2.54. The summed E-state index contributed by atoms with van der Waals surface area (Å²) in [5.41, 5.74) is 3.07. The Morgan fingerprint density at radius 1 is 1.33 bits per heavy atom. The zero-order valence-corrected chi connectivity index (χ0v) is 10.1. The van der Waals surface area contributed by atoms with Crippen LogP contribution < -0.4 is 5.32 Å². The van der Waals surface area contributed by atoms with Crippen molar-refractivity contribution in [3.05, 3.63) is 47.4 Å². The first kappa shape index (κ1) is 12.0. The zero-order chi connectivity index (χ0) is 13.1. The largest absolute Gasteiger partial charge is 0.477 e. The Kier molecular flexibility index (Phi) is 3.23. The second-order valence-electron chi connectivity index (χ2n) is 4.03. The molecule has 5 heteroatoms. The SMILES string of the molecule is Cc1ccc(Nc2ncncc2C(=O)O)c(C)c1. The molecule has 2 aromatic rings. The van der Waals surface area contributed by atoms with E-state index in [1.165, 1.54) is 12.5 Å². The standard InChI is InChI=1S/C13H13N3O2/c1-8-3-4-11(9(2)5-8)16-12-10(13(17)18)6-14-7-15-12/h3-7H,1-2H3,(H,17,18)(H,14,15,16). The van der Waals surface area contributed by atoms with Crippen LogP contribution in [-0.4, -0.2) is 21.0 Å². The van der Waals surface area contributed by atoms with Crippen LogP contribution in [0.2, 0.25) is 0 Å². The van der Waals surface area contributed by atoms with E-state index >= 15 is 0 Å². The molecule has 1 heterocycles. The number of benzene rings is 1. The molecule has 5 nitrogen and oxygen atoms in total. The molecule has 0 saturated heterocycles. The highest BCUT2D eigenvalue weighted by molar-refractivity contribution is 5.93. The minimum Gasteiger partial charge on any atom is -0.477 e. The number of hydrogen-bond acceptors (Lipinski definition) is 4. The van der Waals surface area contributed by atoms with E-state index in [1.54, 1.807) is 0 Å². The first-order valence-electron chi connectivity index (χ1n) is 5.45. The maximum Gasteiger partial charge on any atom is 0.341 e. The van der Waals surface area contributed by atoms with Gasteiger partial charge in [-0.2, -0.15) is 0 Å². The Balaban J connectivity index is 2.37. The first-order valence-corrected chi connectivity index (χ1v) is 5.45. The van der Waals surface area contributed by atoms with Crippen molar-refractivity contribution in [2.75, 3.05) is 5.32 Å². The van der Waals surface area contributed by atoms with E-state index in [2.05, 4.69) is 15.3 Å². The third-order valence-electron chi connectivity index (χ3n) is 2.58. The number of carboxylic acids is 1. The van der Waals surface area contributed by atoms with Crippen LogP contribution >= 0.6 is 0 Å². The number of carbonyl (C=O) groups is 1. The molecule has 0 bridgehead atoms. The maximum atomic E-state index is 11.0. The average molecular weight is 243 g/mol. The van der Waals surface area contributed by atoms with E-state index < -0.39 is 5.97 Å². The van der Waals surface area contributed by atoms with Gasteiger partial charge in [-0.25, -0.2) is 14.8 Å². The number of anilines is 2. The van der Waals surface area contributed by atoms with Gasteiger partial charge in [-0.05, 0) is 25.5 Å². The lowest BCUT2D eigenvalue weighted by Gasteiger charge is -2.10. The normalized spacial score (nSPS) is 10.1. The Labute approximate surface area is 105 Å². The Morgan fingerprint density at radius 2 is 2.11 bits per heavy atom. The smallest absolute Gasteiger partial charge is 0.341 e. The molecule has 0 aliphatic rings. The van der Waals surface area contributed by atoms with Gasteiger partial charge < -0.3 is 10.4 Å². The van der Waals surface area contributed by atoms with Gasteiger partial charge in [-0.1, -0.05) is 17.7 Å². The van der Waals surface area contributed by atoms with Crippen molar-refractivity contribution in [3.8, 4) is 0 Å². The van der Waals surface area contributed by atoms with Gasteiger partial charge in [0, 0.05) is 11.9 Å². The molecule has 2 N–H and O–H groups in total. The highest BCUT2D eigenvalue weighted by atomic mass is 16.4. The van der Waals surface area contributed by atoms with Crippen molar-refractivity contribution >= 4 is 17.5 Å². The van der Waals surface area contributed by atoms with E-state index in [4.69, 9.17) is 5.11 Å². The van der Waals surface area contributed by atoms with Crippen LogP contribution in [0, 0.1) is 13.8 Å². The molecule has 0 amide bonds. The minimum atomic E-state index is -1.05. The van der Waals surface area contributed by atoms with E-state index in [0.717, 1.165) is 16.8 Å². The lowest BCUT2D eigenvalue weighted by Crippen LogP contribution is -2.06. The summed E-state index contributed by atoms with van der Waals surface area (Å²) in [6, 6.07) is 5.87. The molecule has 0 radical (unpaired) electrons. The van der Waals surface area contributed by atoms with E-state index in [9.17, 15) is 4.79 Å². The van der Waals surface area contributed by atoms with E-state index in [1.807, 2.05) is 32.0 Å². The maximum absolute atomic E-state index is 11.0. The first-order chi connectivity index (χ1) is 8.58. The predicted molar refractivity (Wildman–Crippen MR) is 68.2 cm³/mol. The summed E-state index contributed by atoms with van der Waals surface area (Å²) in [4.78, 5) is 18.7. The fourth-order valence-electron chi connectivity index (χ4n) is 1.67. The summed E-state index contributed by atoms with van der Waals surface area (Å²) in [5, 5.41) is 12.1. The third-order valence-corrected chi connectivity index (χ3v) is 2.58. The average Bonchev–Trinajstić information content (AvgIpc) is 2.33. The fraction of sp³-hybridized carbons (Fsp3) is 0.154. The van der Waals surface area contributed by atoms with Gasteiger partial charge in [0.1, 0.15) is 17.7 Å². The van der Waals surface area contributed by atoms with Gasteiger partial charge >= 0.3 is 5.97 Å². The van der Waals surface area contributed by atoms with Crippen LogP contribution in [0.1, 0.15) is 21.5 Å². The van der Waals surface area contributed by atoms with Crippen molar-refractivity contribution in [3.63, 3.8) is 0 Å². The molecule has 18 heavy (non-hydrogen) atoms. The molecule has 0 unspecified atom stereocenters. The molecular formula is C13H13N3O2. The van der Waals surface area contributed by atoms with Crippen LogP contribution in [0.4, 0.5) is 11.5 Å². The summed E-state index contributed by atoms with van der Waals surface area (Å²) in [7, 11) is 0. The summed E-state index contributed by atoms with van der Waals surface area (Å²) in [6.45, 7) is 3.96. The quantitative estimate of drug-likeness (QED) is 0.866. The van der Waals surface area contributed by atoms with E-state index in [-0.39, 0.29) is 5.56 Å². The van der Waals surface area contributed by atoms with Gasteiger partial charge in [0.05, 0.1) is 0 Å². The Bertz CT molecular complexity index is 597. The molecule has 0 aliphatic heterocycles. The Morgan fingerprint density at radius 3 is 2.78 bits per heavy atom. The molecule has 0 atom stereocenters. The summed E-state index contributed by atoms with van der Waals surface area (Å²) >= 11 is 0. The summed E-state index contributed by atoms with van der Waals surface area (Å²) < 4.78 is 0. The molecule has 92 valence electrons. The Hall–Kier alpha value is -2.43. The summed E-state index contributed by atoms with van der Waals surface area (Å²) in [6.07, 6.45) is 2.60. The van der Waals surface area contributed by atoms with Gasteiger partial charge in [0.25, 0.3) is 0 Å². The van der Waals surface area contributed by atoms with Crippen molar-refractivity contribution < 1.29 is 9.90 Å². The number of nitrogens with one attached hydrogen (secondary N) is 1. The topological polar surface area (TPSA) is 75.1 Å². The highest BCUT2D eigenvalue weighted by Gasteiger charge is 2.12. The third kappa shape index (κ3) is 2.45. The molecule has 1 aromatic heterocycles. The number of aryl methyl sites for hydroxylation is 2. The van der Waals surface area contributed by atoms with Gasteiger partial charge in [0.15, 0.2) is 0 Å². The van der Waals surface area contributed by atoms with Gasteiger partial charge in [-0.15, -0.1) is 0 Å². The number of aromatic carboxylic acids is 1. The van der Waals surface area contributed by atoms with Gasteiger partial charge in [-0.3, -0.25) is 0 Å².